The number of hydrogen-bond acceptors (Lipinski definition) is 5. The lowest BCUT2D eigenvalue weighted by Gasteiger charge is -2.18. The quantitative estimate of drug-likeness (QED) is 0.368. The summed E-state index contributed by atoms with van der Waals surface area (Å²) in [7, 11) is 4.64. The minimum atomic E-state index is -0.460. The number of methoxy groups -OCH3 is 2. The minimum Gasteiger partial charge on any atom is -0.497 e. The van der Waals surface area contributed by atoms with Crippen LogP contribution in [0.5, 0.6) is 11.5 Å². The number of rotatable bonds is 9. The van der Waals surface area contributed by atoms with E-state index in [1.54, 1.807) is 32.4 Å². The number of hydrogen-bond donors (Lipinski definition) is 0. The highest BCUT2D eigenvalue weighted by atomic mass is 19.1. The molecule has 0 unspecified atom stereocenters. The zero-order valence-corrected chi connectivity index (χ0v) is 16.5. The van der Waals surface area contributed by atoms with Crippen LogP contribution >= 0.6 is 0 Å². The van der Waals surface area contributed by atoms with Crippen LogP contribution in [-0.2, 0) is 16.1 Å². The molecule has 2 aromatic rings. The molecule has 2 aromatic carbocycles. The largest absolute Gasteiger partial charge is 0.497 e. The highest BCUT2D eigenvalue weighted by Gasteiger charge is 2.14. The van der Waals surface area contributed by atoms with E-state index in [0.29, 0.717) is 17.8 Å². The van der Waals surface area contributed by atoms with Crippen molar-refractivity contribution in [3.8, 4) is 11.5 Å². The van der Waals surface area contributed by atoms with E-state index < -0.39 is 11.7 Å². The standard InChI is InChI=1S/C22H22FNO5/c1-24(13-17-6-9-19(28-2)12-21(17)29-3)22(27)11-15(14-25)10-20(26)16-4-7-18(23)8-5-16/h4-9,11-12,14H,10,13H2,1-3H3/b15-11-. The molecule has 0 bridgehead atoms. The topological polar surface area (TPSA) is 72.9 Å². The zero-order chi connectivity index (χ0) is 21.4. The maximum Gasteiger partial charge on any atom is 0.247 e. The number of likely N-dealkylation sites (N-methyl/N-ethyl adjacent to an activating group) is 1. The molecule has 0 fully saturated rings. The van der Waals surface area contributed by atoms with Crippen molar-refractivity contribution in [2.45, 2.75) is 13.0 Å². The smallest absolute Gasteiger partial charge is 0.247 e. The molecular formula is C22H22FNO5. The Morgan fingerprint density at radius 3 is 2.34 bits per heavy atom. The van der Waals surface area contributed by atoms with E-state index in [2.05, 4.69) is 0 Å². The Morgan fingerprint density at radius 1 is 1.07 bits per heavy atom. The molecule has 0 saturated carbocycles. The Labute approximate surface area is 168 Å². The molecular weight excluding hydrogens is 377 g/mol. The summed E-state index contributed by atoms with van der Waals surface area (Å²) in [4.78, 5) is 37.4. The van der Waals surface area contributed by atoms with Gasteiger partial charge in [-0.25, -0.2) is 4.39 Å². The second kappa shape index (κ2) is 10.2. The van der Waals surface area contributed by atoms with Crippen LogP contribution in [0.3, 0.4) is 0 Å². The van der Waals surface area contributed by atoms with Gasteiger partial charge in [0.15, 0.2) is 5.78 Å². The van der Waals surface area contributed by atoms with E-state index in [1.165, 1.54) is 36.3 Å². The van der Waals surface area contributed by atoms with Gasteiger partial charge in [-0.3, -0.25) is 14.4 Å². The number of halogens is 1. The van der Waals surface area contributed by atoms with Gasteiger partial charge in [0.2, 0.25) is 5.91 Å². The molecule has 0 aliphatic carbocycles. The van der Waals surface area contributed by atoms with Crippen molar-refractivity contribution in [2.24, 2.45) is 0 Å². The normalized spacial score (nSPS) is 11.0. The fourth-order valence-corrected chi connectivity index (χ4v) is 2.63. The average Bonchev–Trinajstić information content (AvgIpc) is 2.73. The molecule has 0 aromatic heterocycles. The number of ketones is 1. The maximum absolute atomic E-state index is 13.0. The van der Waals surface area contributed by atoms with Gasteiger partial charge in [-0.2, -0.15) is 0 Å². The second-order valence-electron chi connectivity index (χ2n) is 6.32. The molecule has 2 rings (SSSR count). The molecule has 0 aliphatic rings. The Bertz CT molecular complexity index is 921. The van der Waals surface area contributed by atoms with Gasteiger partial charge in [-0.15, -0.1) is 0 Å². The molecule has 0 N–H and O–H groups in total. The molecule has 6 nitrogen and oxygen atoms in total. The molecule has 0 radical (unpaired) electrons. The van der Waals surface area contributed by atoms with Crippen LogP contribution in [0.25, 0.3) is 0 Å². The molecule has 1 amide bonds. The predicted octanol–water partition coefficient (Wildman–Crippen LogP) is 3.20. The summed E-state index contributed by atoms with van der Waals surface area (Å²) in [6.07, 6.45) is 1.35. The van der Waals surface area contributed by atoms with Gasteiger partial charge in [0, 0.05) is 48.9 Å². The third-order valence-electron chi connectivity index (χ3n) is 4.27. The third-order valence-corrected chi connectivity index (χ3v) is 4.27. The highest BCUT2D eigenvalue weighted by Crippen LogP contribution is 2.25. The Hall–Kier alpha value is -3.48. The van der Waals surface area contributed by atoms with Crippen LogP contribution in [0.1, 0.15) is 22.3 Å². The van der Waals surface area contributed by atoms with E-state index in [0.717, 1.165) is 11.6 Å². The summed E-state index contributed by atoms with van der Waals surface area (Å²) < 4.78 is 23.4. The summed E-state index contributed by atoms with van der Waals surface area (Å²) in [6.45, 7) is 0.237. The monoisotopic (exact) mass is 399 g/mol. The van der Waals surface area contributed by atoms with Gasteiger partial charge in [0.25, 0.3) is 0 Å². The first-order valence-electron chi connectivity index (χ1n) is 8.78. The van der Waals surface area contributed by atoms with Crippen LogP contribution < -0.4 is 9.47 Å². The van der Waals surface area contributed by atoms with E-state index in [9.17, 15) is 18.8 Å². The summed E-state index contributed by atoms with van der Waals surface area (Å²) in [5.74, 6) is -0.0805. The Morgan fingerprint density at radius 2 is 1.76 bits per heavy atom. The van der Waals surface area contributed by atoms with Crippen molar-refractivity contribution in [3.05, 3.63) is 71.1 Å². The molecule has 7 heteroatoms. The van der Waals surface area contributed by atoms with Gasteiger partial charge in [-0.05, 0) is 36.4 Å². The summed E-state index contributed by atoms with van der Waals surface area (Å²) in [6, 6.07) is 10.3. The van der Waals surface area contributed by atoms with Gasteiger partial charge >= 0.3 is 0 Å². The molecule has 152 valence electrons. The predicted molar refractivity (Wildman–Crippen MR) is 106 cm³/mol. The van der Waals surface area contributed by atoms with Crippen molar-refractivity contribution in [3.63, 3.8) is 0 Å². The first kappa shape index (κ1) is 21.8. The number of nitrogens with zero attached hydrogens (tertiary/aromatic N) is 1. The minimum absolute atomic E-state index is 0.0397. The molecule has 0 heterocycles. The van der Waals surface area contributed by atoms with Crippen LogP contribution in [0, 0.1) is 5.82 Å². The number of aldehydes is 1. The summed E-state index contributed by atoms with van der Waals surface area (Å²) >= 11 is 0. The molecule has 0 spiro atoms. The number of amides is 1. The number of ether oxygens (including phenoxy) is 2. The number of carbonyl (C=O) groups excluding carboxylic acids is 3. The van der Waals surface area contributed by atoms with Crippen LogP contribution in [0.15, 0.2) is 54.1 Å². The summed E-state index contributed by atoms with van der Waals surface area (Å²) in [5, 5.41) is 0. The lowest BCUT2D eigenvalue weighted by Crippen LogP contribution is -2.25. The van der Waals surface area contributed by atoms with Crippen molar-refractivity contribution < 1.29 is 28.2 Å². The lowest BCUT2D eigenvalue weighted by molar-refractivity contribution is -0.125. The Kier molecular flexibility index (Phi) is 7.65. The Balaban J connectivity index is 2.09. The van der Waals surface area contributed by atoms with E-state index >= 15 is 0 Å². The maximum atomic E-state index is 13.0. The molecule has 29 heavy (non-hydrogen) atoms. The van der Waals surface area contributed by atoms with Crippen molar-refractivity contribution in [1.82, 2.24) is 4.90 Å². The number of Topliss-reactive ketones (excluding diaryl/α,β-unsaturated/α-hetero) is 1. The van der Waals surface area contributed by atoms with Crippen LogP contribution in [0.2, 0.25) is 0 Å². The fourth-order valence-electron chi connectivity index (χ4n) is 2.63. The first-order chi connectivity index (χ1) is 13.9. The van der Waals surface area contributed by atoms with E-state index in [-0.39, 0.29) is 29.9 Å². The number of carbonyl (C=O) groups is 3. The van der Waals surface area contributed by atoms with Crippen molar-refractivity contribution in [1.29, 1.82) is 0 Å². The second-order valence-corrected chi connectivity index (χ2v) is 6.32. The first-order valence-corrected chi connectivity index (χ1v) is 8.78. The lowest BCUT2D eigenvalue weighted by atomic mass is 10.0. The average molecular weight is 399 g/mol. The van der Waals surface area contributed by atoms with Gasteiger partial charge in [-0.1, -0.05) is 0 Å². The van der Waals surface area contributed by atoms with Crippen LogP contribution in [0.4, 0.5) is 4.39 Å². The van der Waals surface area contributed by atoms with Crippen molar-refractivity contribution >= 4 is 18.0 Å². The molecule has 0 saturated heterocycles. The molecule has 0 aliphatic heterocycles. The fraction of sp³-hybridized carbons (Fsp3) is 0.227. The van der Waals surface area contributed by atoms with Gasteiger partial charge < -0.3 is 14.4 Å². The third kappa shape index (κ3) is 6.00. The van der Waals surface area contributed by atoms with Crippen LogP contribution in [-0.4, -0.2) is 44.1 Å². The highest BCUT2D eigenvalue weighted by molar-refractivity contribution is 6.03. The van der Waals surface area contributed by atoms with E-state index in [4.69, 9.17) is 9.47 Å². The zero-order valence-electron chi connectivity index (χ0n) is 16.5. The summed E-state index contributed by atoms with van der Waals surface area (Å²) in [5.41, 5.74) is 1.06. The SMILES string of the molecule is COc1ccc(CN(C)C(=O)/C=C(\C=O)CC(=O)c2ccc(F)cc2)c(OC)c1. The van der Waals surface area contributed by atoms with Crippen molar-refractivity contribution in [2.75, 3.05) is 21.3 Å². The number of benzene rings is 2. The van der Waals surface area contributed by atoms with Gasteiger partial charge in [0.05, 0.1) is 14.2 Å². The number of allylic oxidation sites excluding steroid dienone is 1. The molecule has 0 atom stereocenters. The van der Waals surface area contributed by atoms with Gasteiger partial charge in [0.1, 0.15) is 23.6 Å². The van der Waals surface area contributed by atoms with E-state index in [1.807, 2.05) is 0 Å².